The number of halogens is 1. The summed E-state index contributed by atoms with van der Waals surface area (Å²) >= 11 is 5.99. The zero-order valence-electron chi connectivity index (χ0n) is 9.65. The molecule has 0 atom stereocenters. The normalized spacial score (nSPS) is 15.2. The van der Waals surface area contributed by atoms with Crippen molar-refractivity contribution in [2.75, 3.05) is 5.73 Å². The number of benzene rings is 1. The SMILES string of the molecule is Cc1nc(-c2cccc(Cl)c2)c(N)n1C1CC1. The van der Waals surface area contributed by atoms with Crippen molar-refractivity contribution in [1.29, 1.82) is 0 Å². The minimum atomic E-state index is 0.551. The van der Waals surface area contributed by atoms with E-state index < -0.39 is 0 Å². The van der Waals surface area contributed by atoms with Crippen LogP contribution in [-0.2, 0) is 0 Å². The van der Waals surface area contributed by atoms with E-state index in [0.717, 1.165) is 22.9 Å². The molecule has 1 fully saturated rings. The Balaban J connectivity index is 2.12. The van der Waals surface area contributed by atoms with Crippen LogP contribution >= 0.6 is 11.6 Å². The summed E-state index contributed by atoms with van der Waals surface area (Å²) in [5.41, 5.74) is 8.01. The van der Waals surface area contributed by atoms with Crippen LogP contribution < -0.4 is 5.73 Å². The Hall–Kier alpha value is -1.48. The largest absolute Gasteiger partial charge is 0.383 e. The highest BCUT2D eigenvalue weighted by atomic mass is 35.5. The second kappa shape index (κ2) is 3.77. The highest BCUT2D eigenvalue weighted by Crippen LogP contribution is 2.40. The van der Waals surface area contributed by atoms with Crippen molar-refractivity contribution < 1.29 is 0 Å². The Morgan fingerprint density at radius 2 is 2.18 bits per heavy atom. The van der Waals surface area contributed by atoms with Gasteiger partial charge < -0.3 is 10.3 Å². The molecule has 1 aliphatic carbocycles. The fourth-order valence-electron chi connectivity index (χ4n) is 2.20. The van der Waals surface area contributed by atoms with Crippen molar-refractivity contribution >= 4 is 17.4 Å². The number of aromatic nitrogens is 2. The molecule has 0 spiro atoms. The van der Waals surface area contributed by atoms with Gasteiger partial charge in [0.2, 0.25) is 0 Å². The van der Waals surface area contributed by atoms with Gasteiger partial charge in [0.05, 0.1) is 0 Å². The van der Waals surface area contributed by atoms with Gasteiger partial charge in [0.25, 0.3) is 0 Å². The lowest BCUT2D eigenvalue weighted by molar-refractivity contribution is 0.720. The lowest BCUT2D eigenvalue weighted by Gasteiger charge is -2.05. The number of hydrogen-bond acceptors (Lipinski definition) is 2. The maximum Gasteiger partial charge on any atom is 0.131 e. The zero-order valence-corrected chi connectivity index (χ0v) is 10.4. The fourth-order valence-corrected chi connectivity index (χ4v) is 2.39. The van der Waals surface area contributed by atoms with E-state index in [1.165, 1.54) is 12.8 Å². The molecular weight excluding hydrogens is 234 g/mol. The van der Waals surface area contributed by atoms with Crippen LogP contribution in [0, 0.1) is 6.92 Å². The van der Waals surface area contributed by atoms with E-state index in [9.17, 15) is 0 Å². The molecule has 1 saturated carbocycles. The second-order valence-electron chi connectivity index (χ2n) is 4.50. The third-order valence-corrected chi connectivity index (χ3v) is 3.37. The van der Waals surface area contributed by atoms with Gasteiger partial charge >= 0.3 is 0 Å². The van der Waals surface area contributed by atoms with Crippen molar-refractivity contribution in [3.8, 4) is 11.3 Å². The van der Waals surface area contributed by atoms with Gasteiger partial charge in [-0.05, 0) is 31.9 Å². The van der Waals surface area contributed by atoms with E-state index >= 15 is 0 Å². The number of nitrogens with zero attached hydrogens (tertiary/aromatic N) is 2. The fraction of sp³-hybridized carbons (Fsp3) is 0.308. The number of imidazole rings is 1. The lowest BCUT2D eigenvalue weighted by atomic mass is 10.1. The number of nitrogen functional groups attached to an aromatic ring is 1. The number of rotatable bonds is 2. The van der Waals surface area contributed by atoms with Crippen molar-refractivity contribution in [1.82, 2.24) is 9.55 Å². The van der Waals surface area contributed by atoms with Crippen molar-refractivity contribution in [2.24, 2.45) is 0 Å². The molecule has 2 aromatic rings. The number of hydrogen-bond donors (Lipinski definition) is 1. The average molecular weight is 248 g/mol. The van der Waals surface area contributed by atoms with Crippen LogP contribution in [0.3, 0.4) is 0 Å². The summed E-state index contributed by atoms with van der Waals surface area (Å²) < 4.78 is 2.14. The van der Waals surface area contributed by atoms with Gasteiger partial charge in [-0.1, -0.05) is 23.7 Å². The van der Waals surface area contributed by atoms with Gasteiger partial charge in [-0.2, -0.15) is 0 Å². The molecule has 1 heterocycles. The predicted octanol–water partition coefficient (Wildman–Crippen LogP) is 3.43. The van der Waals surface area contributed by atoms with Gasteiger partial charge in [0, 0.05) is 16.6 Å². The molecular formula is C13H14ClN3. The minimum Gasteiger partial charge on any atom is -0.383 e. The van der Waals surface area contributed by atoms with Gasteiger partial charge in [-0.15, -0.1) is 0 Å². The Bertz CT molecular complexity index is 570. The molecule has 2 N–H and O–H groups in total. The second-order valence-corrected chi connectivity index (χ2v) is 4.94. The lowest BCUT2D eigenvalue weighted by Crippen LogP contribution is -2.02. The van der Waals surface area contributed by atoms with Crippen LogP contribution in [0.15, 0.2) is 24.3 Å². The third-order valence-electron chi connectivity index (χ3n) is 3.13. The van der Waals surface area contributed by atoms with E-state index in [1.807, 2.05) is 31.2 Å². The Labute approximate surface area is 105 Å². The number of anilines is 1. The molecule has 3 nitrogen and oxygen atoms in total. The molecule has 3 rings (SSSR count). The van der Waals surface area contributed by atoms with E-state index in [-0.39, 0.29) is 0 Å². The summed E-state index contributed by atoms with van der Waals surface area (Å²) in [4.78, 5) is 4.56. The van der Waals surface area contributed by atoms with Crippen LogP contribution in [0.5, 0.6) is 0 Å². The molecule has 0 radical (unpaired) electrons. The number of nitrogens with two attached hydrogens (primary N) is 1. The van der Waals surface area contributed by atoms with Crippen LogP contribution in [-0.4, -0.2) is 9.55 Å². The summed E-state index contributed by atoms with van der Waals surface area (Å²) in [6, 6.07) is 8.21. The monoisotopic (exact) mass is 247 g/mol. The zero-order chi connectivity index (χ0) is 12.0. The highest BCUT2D eigenvalue weighted by Gasteiger charge is 2.28. The molecule has 1 aromatic carbocycles. The summed E-state index contributed by atoms with van der Waals surface area (Å²) in [7, 11) is 0. The first-order valence-corrected chi connectivity index (χ1v) is 6.15. The van der Waals surface area contributed by atoms with Gasteiger partial charge in [0.15, 0.2) is 0 Å². The Kier molecular flexibility index (Phi) is 2.37. The van der Waals surface area contributed by atoms with Crippen LogP contribution in [0.4, 0.5) is 5.82 Å². The minimum absolute atomic E-state index is 0.551. The van der Waals surface area contributed by atoms with Crippen LogP contribution in [0.25, 0.3) is 11.3 Å². The van der Waals surface area contributed by atoms with Crippen LogP contribution in [0.1, 0.15) is 24.7 Å². The summed E-state index contributed by atoms with van der Waals surface area (Å²) in [5, 5.41) is 0.709. The van der Waals surface area contributed by atoms with Gasteiger partial charge in [-0.25, -0.2) is 4.98 Å². The van der Waals surface area contributed by atoms with Crippen molar-refractivity contribution in [3.05, 3.63) is 35.1 Å². The Morgan fingerprint density at radius 1 is 1.41 bits per heavy atom. The quantitative estimate of drug-likeness (QED) is 0.884. The molecule has 1 aliphatic rings. The first-order chi connectivity index (χ1) is 8.16. The molecule has 88 valence electrons. The number of aryl methyl sites for hydroxylation is 1. The molecule has 17 heavy (non-hydrogen) atoms. The summed E-state index contributed by atoms with van der Waals surface area (Å²) in [6.45, 7) is 2.00. The first kappa shape index (κ1) is 10.7. The van der Waals surface area contributed by atoms with E-state index in [1.54, 1.807) is 0 Å². The topological polar surface area (TPSA) is 43.8 Å². The van der Waals surface area contributed by atoms with E-state index in [0.29, 0.717) is 11.1 Å². The molecule has 1 aromatic heterocycles. The smallest absolute Gasteiger partial charge is 0.131 e. The molecule has 0 saturated heterocycles. The van der Waals surface area contributed by atoms with E-state index in [2.05, 4.69) is 9.55 Å². The average Bonchev–Trinajstić information content (AvgIpc) is 3.06. The van der Waals surface area contributed by atoms with Gasteiger partial charge in [-0.3, -0.25) is 0 Å². The molecule has 0 aliphatic heterocycles. The van der Waals surface area contributed by atoms with Crippen LogP contribution in [0.2, 0.25) is 5.02 Å². The third kappa shape index (κ3) is 1.80. The molecule has 0 amide bonds. The molecule has 0 unspecified atom stereocenters. The first-order valence-electron chi connectivity index (χ1n) is 5.77. The van der Waals surface area contributed by atoms with Crippen molar-refractivity contribution in [3.63, 3.8) is 0 Å². The maximum absolute atomic E-state index is 6.18. The summed E-state index contributed by atoms with van der Waals surface area (Å²) in [6.07, 6.45) is 2.41. The summed E-state index contributed by atoms with van der Waals surface area (Å²) in [5.74, 6) is 1.74. The van der Waals surface area contributed by atoms with Gasteiger partial charge in [0.1, 0.15) is 17.3 Å². The molecule has 0 bridgehead atoms. The van der Waals surface area contributed by atoms with E-state index in [4.69, 9.17) is 17.3 Å². The predicted molar refractivity (Wildman–Crippen MR) is 70.1 cm³/mol. The Morgan fingerprint density at radius 3 is 2.82 bits per heavy atom. The highest BCUT2D eigenvalue weighted by molar-refractivity contribution is 6.30. The molecule has 4 heteroatoms. The standard InChI is InChI=1S/C13H14ClN3/c1-8-16-12(9-3-2-4-10(14)7-9)13(15)17(8)11-5-6-11/h2-4,7,11H,5-6,15H2,1H3. The maximum atomic E-state index is 6.18. The van der Waals surface area contributed by atoms with Crippen molar-refractivity contribution in [2.45, 2.75) is 25.8 Å².